The van der Waals surface area contributed by atoms with Crippen LogP contribution in [0.1, 0.15) is 17.5 Å². The molecule has 0 aliphatic carbocycles. The number of para-hydroxylation sites is 1. The summed E-state index contributed by atoms with van der Waals surface area (Å²) < 4.78 is 0. The summed E-state index contributed by atoms with van der Waals surface area (Å²) in [4.78, 5) is 28.3. The Kier molecular flexibility index (Phi) is 4.80. The molecule has 2 aromatic carbocycles. The molecule has 0 aromatic heterocycles. The topological polar surface area (TPSA) is 64.4 Å². The average Bonchev–Trinajstić information content (AvgIpc) is 3.03. The third-order valence-electron chi connectivity index (χ3n) is 4.43. The second-order valence-corrected chi connectivity index (χ2v) is 6.21. The van der Waals surface area contributed by atoms with Crippen LogP contribution in [0.4, 0.5) is 5.69 Å². The van der Waals surface area contributed by atoms with Gasteiger partial charge in [-0.15, -0.1) is 0 Å². The van der Waals surface area contributed by atoms with E-state index in [2.05, 4.69) is 6.07 Å². The van der Waals surface area contributed by atoms with Gasteiger partial charge in [0.25, 0.3) is 0 Å². The summed E-state index contributed by atoms with van der Waals surface area (Å²) in [6.07, 6.45) is 0.178. The Bertz CT molecular complexity index is 826. The van der Waals surface area contributed by atoms with E-state index in [0.29, 0.717) is 24.3 Å². The van der Waals surface area contributed by atoms with Gasteiger partial charge in [-0.25, -0.2) is 0 Å². The van der Waals surface area contributed by atoms with Gasteiger partial charge in [0.05, 0.1) is 17.2 Å². The van der Waals surface area contributed by atoms with Crippen LogP contribution in [0.2, 0.25) is 0 Å². The van der Waals surface area contributed by atoms with Gasteiger partial charge in [-0.05, 0) is 17.7 Å². The zero-order valence-corrected chi connectivity index (χ0v) is 14.1. The largest absolute Gasteiger partial charge is 0.341 e. The first kappa shape index (κ1) is 16.7. The van der Waals surface area contributed by atoms with Gasteiger partial charge in [-0.3, -0.25) is 9.59 Å². The molecule has 1 aliphatic heterocycles. The highest BCUT2D eigenvalue weighted by Gasteiger charge is 2.37. The van der Waals surface area contributed by atoms with Crippen LogP contribution in [-0.4, -0.2) is 30.3 Å². The number of carbonyl (C=O) groups is 2. The summed E-state index contributed by atoms with van der Waals surface area (Å²) in [5.74, 6) is -0.545. The Balaban J connectivity index is 1.71. The summed E-state index contributed by atoms with van der Waals surface area (Å²) in [7, 11) is 1.76. The quantitative estimate of drug-likeness (QED) is 0.864. The predicted molar refractivity (Wildman–Crippen MR) is 94.5 cm³/mol. The molecule has 0 N–H and O–H groups in total. The maximum atomic E-state index is 12.7. The van der Waals surface area contributed by atoms with Crippen LogP contribution in [0, 0.1) is 17.2 Å². The molecule has 2 aromatic rings. The lowest BCUT2D eigenvalue weighted by atomic mass is 10.1. The lowest BCUT2D eigenvalue weighted by Crippen LogP contribution is -2.34. The fraction of sp³-hybridized carbons (Fsp3) is 0.250. The smallest absolute Gasteiger partial charge is 0.228 e. The summed E-state index contributed by atoms with van der Waals surface area (Å²) >= 11 is 0. The molecule has 0 radical (unpaired) electrons. The highest BCUT2D eigenvalue weighted by Crippen LogP contribution is 2.28. The second kappa shape index (κ2) is 7.18. The first-order valence-corrected chi connectivity index (χ1v) is 8.18. The molecule has 1 heterocycles. The van der Waals surface area contributed by atoms with E-state index in [1.807, 2.05) is 30.3 Å². The summed E-state index contributed by atoms with van der Waals surface area (Å²) in [5, 5.41) is 9.23. The lowest BCUT2D eigenvalue weighted by Gasteiger charge is -2.22. The summed E-state index contributed by atoms with van der Waals surface area (Å²) in [5.41, 5.74) is 2.08. The van der Waals surface area contributed by atoms with E-state index in [1.165, 1.54) is 0 Å². The highest BCUT2D eigenvalue weighted by atomic mass is 16.2. The number of carbonyl (C=O) groups excluding carboxylic acids is 2. The van der Waals surface area contributed by atoms with Gasteiger partial charge in [-0.1, -0.05) is 42.5 Å². The number of nitrogens with zero attached hydrogens (tertiary/aromatic N) is 3. The summed E-state index contributed by atoms with van der Waals surface area (Å²) in [6.45, 7) is 0.828. The van der Waals surface area contributed by atoms with Gasteiger partial charge in [0.15, 0.2) is 0 Å². The first-order chi connectivity index (χ1) is 12.1. The van der Waals surface area contributed by atoms with E-state index < -0.39 is 0 Å². The molecule has 3 rings (SSSR count). The number of anilines is 1. The van der Waals surface area contributed by atoms with Crippen LogP contribution in [0.15, 0.2) is 54.6 Å². The molecule has 1 saturated heterocycles. The molecule has 1 aliphatic rings. The van der Waals surface area contributed by atoms with E-state index in [-0.39, 0.29) is 24.2 Å². The molecule has 1 atom stereocenters. The number of nitriles is 1. The van der Waals surface area contributed by atoms with Gasteiger partial charge >= 0.3 is 0 Å². The molecule has 1 fully saturated rings. The van der Waals surface area contributed by atoms with Crippen molar-refractivity contribution in [3.63, 3.8) is 0 Å². The molecule has 5 nitrogen and oxygen atoms in total. The Morgan fingerprint density at radius 2 is 1.88 bits per heavy atom. The van der Waals surface area contributed by atoms with Gasteiger partial charge < -0.3 is 9.80 Å². The summed E-state index contributed by atoms with van der Waals surface area (Å²) in [6, 6.07) is 18.8. The number of hydrogen-bond acceptors (Lipinski definition) is 3. The normalized spacial score (nSPS) is 16.6. The lowest BCUT2D eigenvalue weighted by molar-refractivity contribution is -0.135. The maximum Gasteiger partial charge on any atom is 0.228 e. The minimum absolute atomic E-state index is 0.0471. The van der Waals surface area contributed by atoms with Crippen molar-refractivity contribution in [1.29, 1.82) is 5.26 Å². The first-order valence-electron chi connectivity index (χ1n) is 8.18. The molecule has 0 spiro atoms. The highest BCUT2D eigenvalue weighted by molar-refractivity contribution is 6.01. The number of rotatable bonds is 4. The predicted octanol–water partition coefficient (Wildman–Crippen LogP) is 2.57. The molecule has 2 amide bonds. The molecule has 5 heteroatoms. The van der Waals surface area contributed by atoms with E-state index in [4.69, 9.17) is 0 Å². The van der Waals surface area contributed by atoms with Crippen LogP contribution in [0.3, 0.4) is 0 Å². The van der Waals surface area contributed by atoms with Crippen molar-refractivity contribution < 1.29 is 9.59 Å². The Hall–Kier alpha value is -3.13. The van der Waals surface area contributed by atoms with E-state index in [1.54, 1.807) is 41.1 Å². The van der Waals surface area contributed by atoms with Gasteiger partial charge in [-0.2, -0.15) is 5.26 Å². The van der Waals surface area contributed by atoms with Crippen LogP contribution in [0.25, 0.3) is 0 Å². The van der Waals surface area contributed by atoms with Crippen molar-refractivity contribution in [2.75, 3.05) is 18.5 Å². The van der Waals surface area contributed by atoms with Gasteiger partial charge in [0, 0.05) is 26.6 Å². The zero-order chi connectivity index (χ0) is 17.8. The minimum atomic E-state index is -0.382. The monoisotopic (exact) mass is 333 g/mol. The Labute approximate surface area is 147 Å². The van der Waals surface area contributed by atoms with Crippen molar-refractivity contribution in [3.8, 4) is 6.07 Å². The molecule has 25 heavy (non-hydrogen) atoms. The van der Waals surface area contributed by atoms with Crippen LogP contribution < -0.4 is 4.90 Å². The fourth-order valence-corrected chi connectivity index (χ4v) is 3.16. The molecule has 1 unspecified atom stereocenters. The number of benzene rings is 2. The van der Waals surface area contributed by atoms with Crippen LogP contribution in [0.5, 0.6) is 0 Å². The third-order valence-corrected chi connectivity index (χ3v) is 4.43. The van der Waals surface area contributed by atoms with E-state index in [9.17, 15) is 14.9 Å². The Morgan fingerprint density at radius 3 is 2.60 bits per heavy atom. The van der Waals surface area contributed by atoms with Gasteiger partial charge in [0.2, 0.25) is 11.8 Å². The molecule has 126 valence electrons. The number of hydrogen-bond donors (Lipinski definition) is 0. The van der Waals surface area contributed by atoms with Crippen LogP contribution in [-0.2, 0) is 16.1 Å². The van der Waals surface area contributed by atoms with E-state index in [0.717, 1.165) is 5.56 Å². The van der Waals surface area contributed by atoms with E-state index >= 15 is 0 Å². The number of amides is 2. The third kappa shape index (κ3) is 3.53. The molecular formula is C20H19N3O2. The average molecular weight is 333 g/mol. The van der Waals surface area contributed by atoms with Crippen molar-refractivity contribution in [1.82, 2.24) is 4.90 Å². The van der Waals surface area contributed by atoms with Crippen molar-refractivity contribution in [2.24, 2.45) is 5.92 Å². The molecular weight excluding hydrogens is 314 g/mol. The van der Waals surface area contributed by atoms with Crippen molar-refractivity contribution in [2.45, 2.75) is 13.0 Å². The van der Waals surface area contributed by atoms with Crippen LogP contribution >= 0.6 is 0 Å². The Morgan fingerprint density at radius 1 is 1.20 bits per heavy atom. The minimum Gasteiger partial charge on any atom is -0.341 e. The van der Waals surface area contributed by atoms with Crippen molar-refractivity contribution in [3.05, 3.63) is 65.7 Å². The standard InChI is InChI=1S/C20H19N3O2/c1-22(13-15-7-3-2-4-8-15)20(25)17-11-19(24)23(14-17)18-10-6-5-9-16(18)12-21/h2-10,17H,11,13-14H2,1H3. The molecule has 0 saturated carbocycles. The molecule has 0 bridgehead atoms. The van der Waals surface area contributed by atoms with Crippen molar-refractivity contribution >= 4 is 17.5 Å². The SMILES string of the molecule is CN(Cc1ccccc1)C(=O)C1CC(=O)N(c2ccccc2C#N)C1. The maximum absolute atomic E-state index is 12.7. The second-order valence-electron chi connectivity index (χ2n) is 6.21. The fourth-order valence-electron chi connectivity index (χ4n) is 3.16. The zero-order valence-electron chi connectivity index (χ0n) is 14.1. The van der Waals surface area contributed by atoms with Gasteiger partial charge in [0.1, 0.15) is 6.07 Å².